The molecule has 1 heterocycles. The Bertz CT molecular complexity index is 1210. The lowest BCUT2D eigenvalue weighted by atomic mass is 10.1. The number of rotatable bonds is 9. The maximum atomic E-state index is 13.7. The second kappa shape index (κ2) is 10.9. The van der Waals surface area contributed by atoms with Gasteiger partial charge < -0.3 is 5.32 Å². The van der Waals surface area contributed by atoms with Crippen LogP contribution in [0.25, 0.3) is 17.1 Å². The third-order valence-corrected chi connectivity index (χ3v) is 6.15. The number of nitrogens with zero attached hydrogens (tertiary/aromatic N) is 3. The van der Waals surface area contributed by atoms with Crippen LogP contribution in [-0.2, 0) is 4.79 Å². The first-order valence-corrected chi connectivity index (χ1v) is 11.9. The van der Waals surface area contributed by atoms with Crippen LogP contribution in [0.3, 0.4) is 0 Å². The number of halogens is 1. The summed E-state index contributed by atoms with van der Waals surface area (Å²) >= 11 is 1.62. The molecule has 1 N–H and O–H groups in total. The number of carbonyl (C=O) groups excluding carboxylic acids is 1. The Morgan fingerprint density at radius 3 is 2.42 bits per heavy atom. The van der Waals surface area contributed by atoms with E-state index in [1.807, 2.05) is 30.3 Å². The quantitative estimate of drug-likeness (QED) is 0.236. The van der Waals surface area contributed by atoms with Gasteiger partial charge in [0, 0.05) is 23.4 Å². The Balaban J connectivity index is 1.38. The van der Waals surface area contributed by atoms with Gasteiger partial charge in [0.1, 0.15) is 5.82 Å². The molecule has 4 rings (SSSR count). The molecular weight excluding hydrogens is 435 g/mol. The van der Waals surface area contributed by atoms with Gasteiger partial charge in [-0.3, -0.25) is 9.36 Å². The van der Waals surface area contributed by atoms with Crippen molar-refractivity contribution in [3.63, 3.8) is 0 Å². The van der Waals surface area contributed by atoms with Crippen molar-refractivity contribution in [1.29, 1.82) is 0 Å². The van der Waals surface area contributed by atoms with E-state index in [0.717, 1.165) is 34.4 Å². The van der Waals surface area contributed by atoms with Crippen LogP contribution in [0.15, 0.2) is 84.0 Å². The van der Waals surface area contributed by atoms with Crippen molar-refractivity contribution >= 4 is 23.4 Å². The highest BCUT2D eigenvalue weighted by molar-refractivity contribution is 7.99. The maximum absolute atomic E-state index is 13.7. The average molecular weight is 461 g/mol. The van der Waals surface area contributed by atoms with Crippen LogP contribution in [0.4, 0.5) is 10.1 Å². The van der Waals surface area contributed by atoms with Gasteiger partial charge >= 0.3 is 0 Å². The Morgan fingerprint density at radius 1 is 0.939 bits per heavy atom. The number of hydrogen-bond donors (Lipinski definition) is 1. The molecule has 1 amide bonds. The standard InChI is InChI=1S/C26H25FN4OS/c1-19-14-16-20(17-15-19)25-29-30-26(31(25)21-9-3-2-4-10-21)33-18-8-7-13-24(32)28-23-12-6-5-11-22(23)27/h2-6,9-12,14-17H,7-8,13,18H2,1H3,(H,28,32). The van der Waals surface area contributed by atoms with Crippen LogP contribution in [0.1, 0.15) is 24.8 Å². The number of aryl methyl sites for hydroxylation is 1. The van der Waals surface area contributed by atoms with Crippen molar-refractivity contribution in [3.8, 4) is 17.1 Å². The van der Waals surface area contributed by atoms with E-state index in [4.69, 9.17) is 0 Å². The summed E-state index contributed by atoms with van der Waals surface area (Å²) in [5.41, 5.74) is 3.42. The SMILES string of the molecule is Cc1ccc(-c2nnc(SCCCCC(=O)Nc3ccccc3F)n2-c2ccccc2)cc1. The summed E-state index contributed by atoms with van der Waals surface area (Å²) in [6.45, 7) is 2.06. The van der Waals surface area contributed by atoms with E-state index in [1.54, 1.807) is 30.0 Å². The number of amides is 1. The van der Waals surface area contributed by atoms with Crippen molar-refractivity contribution in [1.82, 2.24) is 14.8 Å². The summed E-state index contributed by atoms with van der Waals surface area (Å²) < 4.78 is 15.7. The third-order valence-electron chi connectivity index (χ3n) is 5.13. The van der Waals surface area contributed by atoms with Gasteiger partial charge in [0.25, 0.3) is 0 Å². The molecule has 168 valence electrons. The summed E-state index contributed by atoms with van der Waals surface area (Å²) in [5.74, 6) is 0.990. The lowest BCUT2D eigenvalue weighted by Crippen LogP contribution is -2.12. The van der Waals surface area contributed by atoms with E-state index in [-0.39, 0.29) is 11.6 Å². The predicted octanol–water partition coefficient (Wildman–Crippen LogP) is 6.28. The van der Waals surface area contributed by atoms with Crippen molar-refractivity contribution in [2.45, 2.75) is 31.3 Å². The highest BCUT2D eigenvalue weighted by Crippen LogP contribution is 2.28. The summed E-state index contributed by atoms with van der Waals surface area (Å²) in [6.07, 6.45) is 1.88. The zero-order valence-electron chi connectivity index (χ0n) is 18.4. The third kappa shape index (κ3) is 5.87. The highest BCUT2D eigenvalue weighted by atomic mass is 32.2. The summed E-state index contributed by atoms with van der Waals surface area (Å²) in [5, 5.41) is 12.4. The fraction of sp³-hybridized carbons (Fsp3) is 0.192. The molecule has 0 saturated heterocycles. The molecule has 1 aromatic heterocycles. The minimum atomic E-state index is -0.425. The van der Waals surface area contributed by atoms with Gasteiger partial charge in [0.2, 0.25) is 5.91 Å². The van der Waals surface area contributed by atoms with Crippen molar-refractivity contribution in [2.75, 3.05) is 11.1 Å². The van der Waals surface area contributed by atoms with E-state index in [1.165, 1.54) is 11.6 Å². The van der Waals surface area contributed by atoms with Gasteiger partial charge in [-0.05, 0) is 44.0 Å². The number of nitrogens with one attached hydrogen (secondary N) is 1. The molecule has 4 aromatic rings. The fourth-order valence-electron chi connectivity index (χ4n) is 3.39. The van der Waals surface area contributed by atoms with Gasteiger partial charge in [0.15, 0.2) is 11.0 Å². The number of para-hydroxylation sites is 2. The van der Waals surface area contributed by atoms with Crippen LogP contribution in [-0.4, -0.2) is 26.4 Å². The van der Waals surface area contributed by atoms with Crippen molar-refractivity contribution < 1.29 is 9.18 Å². The summed E-state index contributed by atoms with van der Waals surface area (Å²) in [6, 6.07) is 24.5. The second-order valence-corrected chi connectivity index (χ2v) is 8.74. The molecule has 3 aromatic carbocycles. The molecule has 7 heteroatoms. The van der Waals surface area contributed by atoms with Gasteiger partial charge in [0.05, 0.1) is 5.69 Å². The number of benzene rings is 3. The zero-order valence-corrected chi connectivity index (χ0v) is 19.2. The first kappa shape index (κ1) is 22.7. The molecule has 0 fully saturated rings. The van der Waals surface area contributed by atoms with Crippen LogP contribution < -0.4 is 5.32 Å². The highest BCUT2D eigenvalue weighted by Gasteiger charge is 2.16. The van der Waals surface area contributed by atoms with Gasteiger partial charge in [-0.15, -0.1) is 10.2 Å². The van der Waals surface area contributed by atoms with E-state index >= 15 is 0 Å². The van der Waals surface area contributed by atoms with Gasteiger partial charge in [-0.25, -0.2) is 4.39 Å². The molecular formula is C26H25FN4OS. The van der Waals surface area contributed by atoms with Crippen LogP contribution >= 0.6 is 11.8 Å². The number of aromatic nitrogens is 3. The van der Waals surface area contributed by atoms with E-state index in [9.17, 15) is 9.18 Å². The average Bonchev–Trinajstić information content (AvgIpc) is 3.25. The molecule has 0 atom stereocenters. The van der Waals surface area contributed by atoms with Crippen LogP contribution in [0, 0.1) is 12.7 Å². The van der Waals surface area contributed by atoms with E-state index < -0.39 is 5.82 Å². The number of carbonyl (C=O) groups is 1. The largest absolute Gasteiger partial charge is 0.324 e. The molecule has 5 nitrogen and oxygen atoms in total. The number of anilines is 1. The van der Waals surface area contributed by atoms with E-state index in [2.05, 4.69) is 51.3 Å². The molecule has 0 radical (unpaired) electrons. The van der Waals surface area contributed by atoms with E-state index in [0.29, 0.717) is 12.8 Å². The summed E-state index contributed by atoms with van der Waals surface area (Å²) in [4.78, 5) is 12.1. The zero-order chi connectivity index (χ0) is 23.0. The summed E-state index contributed by atoms with van der Waals surface area (Å²) in [7, 11) is 0. The van der Waals surface area contributed by atoms with Gasteiger partial charge in [-0.1, -0.05) is 71.9 Å². The monoisotopic (exact) mass is 460 g/mol. The van der Waals surface area contributed by atoms with Crippen LogP contribution in [0.2, 0.25) is 0 Å². The van der Waals surface area contributed by atoms with Crippen molar-refractivity contribution in [3.05, 3.63) is 90.2 Å². The number of unbranched alkanes of at least 4 members (excludes halogenated alkanes) is 1. The molecule has 0 aliphatic rings. The molecule has 0 bridgehead atoms. The lowest BCUT2D eigenvalue weighted by molar-refractivity contribution is -0.116. The fourth-order valence-corrected chi connectivity index (χ4v) is 4.34. The lowest BCUT2D eigenvalue weighted by Gasteiger charge is -2.10. The van der Waals surface area contributed by atoms with Gasteiger partial charge in [-0.2, -0.15) is 0 Å². The normalized spacial score (nSPS) is 10.8. The van der Waals surface area contributed by atoms with Crippen molar-refractivity contribution in [2.24, 2.45) is 0 Å². The van der Waals surface area contributed by atoms with Crippen LogP contribution in [0.5, 0.6) is 0 Å². The minimum absolute atomic E-state index is 0.181. The second-order valence-electron chi connectivity index (χ2n) is 7.68. The Hall–Kier alpha value is -3.45. The molecule has 0 spiro atoms. The number of hydrogen-bond acceptors (Lipinski definition) is 4. The Morgan fingerprint density at radius 2 is 1.67 bits per heavy atom. The molecule has 0 saturated carbocycles. The first-order valence-electron chi connectivity index (χ1n) is 10.9. The maximum Gasteiger partial charge on any atom is 0.224 e. The Labute approximate surface area is 197 Å². The minimum Gasteiger partial charge on any atom is -0.324 e. The first-order chi connectivity index (χ1) is 16.1. The topological polar surface area (TPSA) is 59.8 Å². The molecule has 0 aliphatic heterocycles. The molecule has 0 aliphatic carbocycles. The smallest absolute Gasteiger partial charge is 0.224 e. The molecule has 33 heavy (non-hydrogen) atoms. The Kier molecular flexibility index (Phi) is 7.52. The molecule has 0 unspecified atom stereocenters. The predicted molar refractivity (Wildman–Crippen MR) is 131 cm³/mol. The number of thioether (sulfide) groups is 1.